The zero-order chi connectivity index (χ0) is 19.9. The fraction of sp³-hybridized carbons (Fsp3) is 0.316. The summed E-state index contributed by atoms with van der Waals surface area (Å²) in [5.41, 5.74) is 10.3. The van der Waals surface area contributed by atoms with Gasteiger partial charge >= 0.3 is 5.97 Å². The lowest BCUT2D eigenvalue weighted by Crippen LogP contribution is -2.26. The zero-order valence-electron chi connectivity index (χ0n) is 15.3. The van der Waals surface area contributed by atoms with Gasteiger partial charge in [-0.15, -0.1) is 11.3 Å². The van der Waals surface area contributed by atoms with Gasteiger partial charge in [0.1, 0.15) is 10.6 Å². The maximum atomic E-state index is 12.8. The Morgan fingerprint density at radius 2 is 2.18 bits per heavy atom. The number of nitrogens with zero attached hydrogens (tertiary/aromatic N) is 5. The molecule has 0 unspecified atom stereocenters. The molecule has 0 radical (unpaired) electrons. The van der Waals surface area contributed by atoms with Crippen LogP contribution < -0.4 is 5.56 Å². The van der Waals surface area contributed by atoms with Crippen LogP contribution in [0.25, 0.3) is 21.5 Å². The second kappa shape index (κ2) is 9.16. The summed E-state index contributed by atoms with van der Waals surface area (Å²) >= 11 is 1.32. The second-order valence-electron chi connectivity index (χ2n) is 6.22. The van der Waals surface area contributed by atoms with Crippen LogP contribution in [0.15, 0.2) is 51.7 Å². The van der Waals surface area contributed by atoms with Gasteiger partial charge in [-0.05, 0) is 42.0 Å². The van der Waals surface area contributed by atoms with E-state index in [1.54, 1.807) is 23.7 Å². The molecule has 2 aromatic heterocycles. The Labute approximate surface area is 165 Å². The molecule has 2 heterocycles. The van der Waals surface area contributed by atoms with Gasteiger partial charge < -0.3 is 9.30 Å². The molecule has 0 N–H and O–H groups in total. The van der Waals surface area contributed by atoms with Crippen LogP contribution >= 0.6 is 11.3 Å². The van der Waals surface area contributed by atoms with E-state index >= 15 is 0 Å². The number of carbonyl (C=O) groups excluding carboxylic acids is 1. The van der Waals surface area contributed by atoms with Gasteiger partial charge in [0.25, 0.3) is 5.56 Å². The van der Waals surface area contributed by atoms with Gasteiger partial charge in [-0.1, -0.05) is 23.3 Å². The van der Waals surface area contributed by atoms with Gasteiger partial charge in [0.15, 0.2) is 0 Å². The molecular weight excluding hydrogens is 378 g/mol. The van der Waals surface area contributed by atoms with Crippen molar-refractivity contribution >= 4 is 28.3 Å². The maximum absolute atomic E-state index is 12.8. The summed E-state index contributed by atoms with van der Waals surface area (Å²) in [5.74, 6) is -0.707. The third-order valence-corrected chi connectivity index (χ3v) is 5.26. The Balaban J connectivity index is 1.74. The van der Waals surface area contributed by atoms with Crippen LogP contribution in [-0.2, 0) is 11.8 Å². The summed E-state index contributed by atoms with van der Waals surface area (Å²) in [7, 11) is 1.70. The van der Waals surface area contributed by atoms with Crippen LogP contribution in [-0.4, -0.2) is 28.7 Å². The average Bonchev–Trinajstić information content (AvgIpc) is 3.25. The smallest absolute Gasteiger partial charge is 0.348 e. The molecule has 144 valence electrons. The molecule has 0 spiro atoms. The molecule has 3 rings (SSSR count). The van der Waals surface area contributed by atoms with Gasteiger partial charge in [0, 0.05) is 24.4 Å². The number of hydrogen-bond acceptors (Lipinski definition) is 6. The molecule has 1 aromatic carbocycles. The van der Waals surface area contributed by atoms with Crippen molar-refractivity contribution in [1.29, 1.82) is 0 Å². The monoisotopic (exact) mass is 397 g/mol. The third-order valence-electron chi connectivity index (χ3n) is 4.41. The summed E-state index contributed by atoms with van der Waals surface area (Å²) < 4.78 is 6.82. The molecule has 3 aromatic rings. The van der Waals surface area contributed by atoms with E-state index in [1.165, 1.54) is 11.3 Å². The van der Waals surface area contributed by atoms with E-state index in [-0.39, 0.29) is 30.6 Å². The first kappa shape index (κ1) is 19.6. The first-order chi connectivity index (χ1) is 13.6. The number of fused-ring (bicyclic) bond motifs is 1. The minimum Gasteiger partial charge on any atom is -0.462 e. The van der Waals surface area contributed by atoms with E-state index < -0.39 is 0 Å². The standard InChI is InChI=1S/C19H19N5O3S/c1-24-15-8-3-2-7-14(15)22-17(18(24)25)13(12-21-23-20)6-4-10-27-19(26)16-9-5-11-28-16/h2-3,5,7-9,11,13H,4,6,10,12H2,1H3/t13-/m1/s1. The highest BCUT2D eigenvalue weighted by atomic mass is 32.1. The number of carbonyl (C=O) groups is 1. The van der Waals surface area contributed by atoms with Crippen LogP contribution in [0.3, 0.4) is 0 Å². The number of ether oxygens (including phenoxy) is 1. The highest BCUT2D eigenvalue weighted by molar-refractivity contribution is 7.11. The fourth-order valence-corrected chi connectivity index (χ4v) is 3.59. The van der Waals surface area contributed by atoms with E-state index in [9.17, 15) is 9.59 Å². The largest absolute Gasteiger partial charge is 0.462 e. The second-order valence-corrected chi connectivity index (χ2v) is 7.16. The Morgan fingerprint density at radius 1 is 1.36 bits per heavy atom. The van der Waals surface area contributed by atoms with Crippen molar-refractivity contribution in [2.75, 3.05) is 13.2 Å². The molecule has 0 aliphatic carbocycles. The number of azide groups is 1. The molecule has 0 aliphatic rings. The predicted octanol–water partition coefficient (Wildman–Crippen LogP) is 4.03. The first-order valence-corrected chi connectivity index (χ1v) is 9.67. The summed E-state index contributed by atoms with van der Waals surface area (Å²) in [6.07, 6.45) is 1.04. The quantitative estimate of drug-likeness (QED) is 0.188. The van der Waals surface area contributed by atoms with Crippen molar-refractivity contribution in [2.24, 2.45) is 12.2 Å². The lowest BCUT2D eigenvalue weighted by molar-refractivity contribution is 0.0502. The molecule has 0 amide bonds. The summed E-state index contributed by atoms with van der Waals surface area (Å²) in [6, 6.07) is 10.9. The molecule has 0 saturated carbocycles. The number of para-hydroxylation sites is 2. The SMILES string of the molecule is Cn1c(=O)c([C@H](CCCOC(=O)c2cccs2)CN=[N+]=[N-])nc2ccccc21. The molecule has 28 heavy (non-hydrogen) atoms. The van der Waals surface area contributed by atoms with E-state index in [0.717, 1.165) is 5.52 Å². The normalized spacial score (nSPS) is 11.8. The maximum Gasteiger partial charge on any atom is 0.348 e. The highest BCUT2D eigenvalue weighted by Gasteiger charge is 2.19. The third kappa shape index (κ3) is 4.39. The van der Waals surface area contributed by atoms with Crippen molar-refractivity contribution < 1.29 is 9.53 Å². The van der Waals surface area contributed by atoms with Crippen molar-refractivity contribution in [3.05, 3.63) is 73.1 Å². The molecule has 0 saturated heterocycles. The van der Waals surface area contributed by atoms with E-state index in [2.05, 4.69) is 15.0 Å². The molecule has 0 fully saturated rings. The zero-order valence-corrected chi connectivity index (χ0v) is 16.1. The summed E-state index contributed by atoms with van der Waals surface area (Å²) in [4.78, 5) is 32.5. The van der Waals surface area contributed by atoms with Crippen LogP contribution in [0.4, 0.5) is 0 Å². The van der Waals surface area contributed by atoms with Gasteiger partial charge in [0.05, 0.1) is 17.6 Å². The Morgan fingerprint density at radius 3 is 2.93 bits per heavy atom. The van der Waals surface area contributed by atoms with Crippen molar-refractivity contribution in [3.8, 4) is 0 Å². The van der Waals surface area contributed by atoms with Crippen molar-refractivity contribution in [2.45, 2.75) is 18.8 Å². The summed E-state index contributed by atoms with van der Waals surface area (Å²) in [6.45, 7) is 0.341. The minimum absolute atomic E-state index is 0.121. The molecule has 0 aliphatic heterocycles. The topological polar surface area (TPSA) is 110 Å². The Hall–Kier alpha value is -3.16. The van der Waals surface area contributed by atoms with E-state index in [0.29, 0.717) is 28.9 Å². The lowest BCUT2D eigenvalue weighted by Gasteiger charge is -2.16. The Bertz CT molecular complexity index is 1070. The van der Waals surface area contributed by atoms with Gasteiger partial charge in [-0.3, -0.25) is 4.79 Å². The van der Waals surface area contributed by atoms with Gasteiger partial charge in [-0.25, -0.2) is 9.78 Å². The highest BCUT2D eigenvalue weighted by Crippen LogP contribution is 2.20. The van der Waals surface area contributed by atoms with Crippen LogP contribution in [0.5, 0.6) is 0 Å². The number of rotatable bonds is 8. The van der Waals surface area contributed by atoms with Crippen LogP contribution in [0.2, 0.25) is 0 Å². The van der Waals surface area contributed by atoms with Crippen molar-refractivity contribution in [3.63, 3.8) is 0 Å². The number of esters is 1. The number of benzene rings is 1. The van der Waals surface area contributed by atoms with Crippen LogP contribution in [0.1, 0.15) is 34.1 Å². The lowest BCUT2D eigenvalue weighted by atomic mass is 9.99. The average molecular weight is 397 g/mol. The first-order valence-electron chi connectivity index (χ1n) is 8.79. The number of aromatic nitrogens is 2. The number of aryl methyl sites for hydroxylation is 1. The molecule has 1 atom stereocenters. The Kier molecular flexibility index (Phi) is 6.41. The van der Waals surface area contributed by atoms with Crippen LogP contribution in [0, 0.1) is 0 Å². The van der Waals surface area contributed by atoms with Gasteiger partial charge in [-0.2, -0.15) is 0 Å². The number of hydrogen-bond donors (Lipinski definition) is 0. The molecule has 8 nitrogen and oxygen atoms in total. The molecule has 0 bridgehead atoms. The number of thiophene rings is 1. The van der Waals surface area contributed by atoms with Crippen molar-refractivity contribution in [1.82, 2.24) is 9.55 Å². The predicted molar refractivity (Wildman–Crippen MR) is 108 cm³/mol. The fourth-order valence-electron chi connectivity index (χ4n) is 2.98. The van der Waals surface area contributed by atoms with E-state index in [4.69, 9.17) is 10.3 Å². The molecule has 9 heteroatoms. The van der Waals surface area contributed by atoms with E-state index in [1.807, 2.05) is 29.6 Å². The van der Waals surface area contributed by atoms with Gasteiger partial charge in [0.2, 0.25) is 0 Å². The summed E-state index contributed by atoms with van der Waals surface area (Å²) in [5, 5.41) is 5.45. The molecular formula is C19H19N5O3S. The minimum atomic E-state index is -0.360.